The highest BCUT2D eigenvalue weighted by molar-refractivity contribution is 7.89. The van der Waals surface area contributed by atoms with Gasteiger partial charge in [-0.3, -0.25) is 14.9 Å². The predicted molar refractivity (Wildman–Crippen MR) is 122 cm³/mol. The Bertz CT molecular complexity index is 1180. The number of nitro groups is 1. The smallest absolute Gasteiger partial charge is 0.308 e. The molecule has 2 rings (SSSR count). The lowest BCUT2D eigenvalue weighted by Crippen LogP contribution is -2.39. The highest BCUT2D eigenvalue weighted by Crippen LogP contribution is 2.23. The third-order valence-electron chi connectivity index (χ3n) is 4.42. The van der Waals surface area contributed by atoms with E-state index in [1.54, 1.807) is 45.9 Å². The Kier molecular flexibility index (Phi) is 8.13. The van der Waals surface area contributed by atoms with Crippen LogP contribution >= 0.6 is 0 Å². The number of benzene rings is 2. The summed E-state index contributed by atoms with van der Waals surface area (Å²) in [4.78, 5) is 22.4. The van der Waals surface area contributed by atoms with Crippen LogP contribution in [-0.2, 0) is 19.6 Å². The average molecular weight is 475 g/mol. The van der Waals surface area contributed by atoms with Gasteiger partial charge < -0.3 is 10.1 Å². The number of nitrogens with one attached hydrogen (secondary N) is 2. The van der Waals surface area contributed by atoms with E-state index in [1.807, 2.05) is 0 Å². The van der Waals surface area contributed by atoms with Crippen molar-refractivity contribution in [3.63, 3.8) is 0 Å². The Labute approximate surface area is 192 Å². The van der Waals surface area contributed by atoms with Gasteiger partial charge in [-0.2, -0.15) is 5.26 Å². The van der Waals surface area contributed by atoms with Gasteiger partial charge in [-0.1, -0.05) is 12.1 Å². The van der Waals surface area contributed by atoms with Gasteiger partial charge in [-0.15, -0.1) is 0 Å². The van der Waals surface area contributed by atoms with Crippen molar-refractivity contribution < 1.29 is 22.9 Å². The van der Waals surface area contributed by atoms with Crippen LogP contribution in [0.1, 0.15) is 38.3 Å². The van der Waals surface area contributed by atoms with Crippen LogP contribution < -0.4 is 10.0 Å². The lowest BCUT2D eigenvalue weighted by atomic mass is 10.1. The maximum absolute atomic E-state index is 12.8. The van der Waals surface area contributed by atoms with Crippen LogP contribution in [-0.4, -0.2) is 37.5 Å². The van der Waals surface area contributed by atoms with Gasteiger partial charge >= 0.3 is 5.97 Å². The van der Waals surface area contributed by atoms with Crippen LogP contribution in [0.15, 0.2) is 47.4 Å². The number of nitriles is 1. The molecule has 0 bridgehead atoms. The van der Waals surface area contributed by atoms with Gasteiger partial charge in [0.15, 0.2) is 4.90 Å². The second kappa shape index (κ2) is 10.4. The molecular formula is C22H26N4O6S. The SMILES string of the molecule is Cc1cc(N[C@H](CNS(=O)(=O)c2ccccc2[N+](=O)[O-])CC(=O)OC(C)(C)C)ccc1C#N. The predicted octanol–water partition coefficient (Wildman–Crippen LogP) is 3.27. The number of anilines is 1. The summed E-state index contributed by atoms with van der Waals surface area (Å²) in [5.74, 6) is -0.546. The number of ether oxygens (including phenoxy) is 1. The second-order valence-corrected chi connectivity index (χ2v) is 10.1. The minimum Gasteiger partial charge on any atom is -0.460 e. The van der Waals surface area contributed by atoms with Crippen molar-refractivity contribution in [3.05, 3.63) is 63.7 Å². The van der Waals surface area contributed by atoms with Crippen molar-refractivity contribution in [1.82, 2.24) is 4.72 Å². The van der Waals surface area contributed by atoms with Gasteiger partial charge in [0.05, 0.1) is 29.0 Å². The number of rotatable bonds is 9. The summed E-state index contributed by atoms with van der Waals surface area (Å²) in [6, 6.07) is 11.3. The lowest BCUT2D eigenvalue weighted by Gasteiger charge is -2.24. The van der Waals surface area contributed by atoms with Crippen LogP contribution in [0.2, 0.25) is 0 Å². The number of hydrogen-bond acceptors (Lipinski definition) is 8. The van der Waals surface area contributed by atoms with Gasteiger partial charge in [0.2, 0.25) is 10.0 Å². The van der Waals surface area contributed by atoms with Crippen LogP contribution in [0, 0.1) is 28.4 Å². The third kappa shape index (κ3) is 7.55. The largest absolute Gasteiger partial charge is 0.460 e. The van der Waals surface area contributed by atoms with E-state index in [2.05, 4.69) is 16.1 Å². The van der Waals surface area contributed by atoms with Crippen molar-refractivity contribution in [3.8, 4) is 6.07 Å². The highest BCUT2D eigenvalue weighted by Gasteiger charge is 2.27. The molecule has 0 aliphatic carbocycles. The summed E-state index contributed by atoms with van der Waals surface area (Å²) in [5.41, 5.74) is 0.492. The molecule has 0 aliphatic heterocycles. The molecule has 0 heterocycles. The zero-order chi connectivity index (χ0) is 24.8. The number of nitrogens with zero attached hydrogens (tertiary/aromatic N) is 2. The van der Waals surface area contributed by atoms with Crippen LogP contribution in [0.5, 0.6) is 0 Å². The van der Waals surface area contributed by atoms with E-state index in [0.717, 1.165) is 12.1 Å². The Hall–Kier alpha value is -3.49. The van der Waals surface area contributed by atoms with E-state index < -0.39 is 43.1 Å². The van der Waals surface area contributed by atoms with Crippen molar-refractivity contribution in [2.75, 3.05) is 11.9 Å². The third-order valence-corrected chi connectivity index (χ3v) is 5.89. The van der Waals surface area contributed by atoms with Gasteiger partial charge in [0.25, 0.3) is 5.69 Å². The van der Waals surface area contributed by atoms with E-state index in [4.69, 9.17) is 10.00 Å². The van der Waals surface area contributed by atoms with E-state index >= 15 is 0 Å². The van der Waals surface area contributed by atoms with Crippen molar-refractivity contribution in [2.24, 2.45) is 0 Å². The maximum atomic E-state index is 12.8. The standard InChI is InChI=1S/C22H26N4O6S/c1-15-11-17(10-9-16(15)13-23)25-18(12-21(27)32-22(2,3)4)14-24-33(30,31)20-8-6-5-7-19(20)26(28)29/h5-11,18,24-25H,12,14H2,1-4H3/t18-/m0/s1. The molecule has 1 atom stereocenters. The van der Waals surface area contributed by atoms with E-state index in [0.29, 0.717) is 16.8 Å². The first-order chi connectivity index (χ1) is 15.3. The normalized spacial score (nSPS) is 12.5. The molecule has 0 saturated heterocycles. The highest BCUT2D eigenvalue weighted by atomic mass is 32.2. The Morgan fingerprint density at radius 2 is 1.91 bits per heavy atom. The molecule has 0 radical (unpaired) electrons. The Morgan fingerprint density at radius 3 is 2.48 bits per heavy atom. The second-order valence-electron chi connectivity index (χ2n) is 8.35. The van der Waals surface area contributed by atoms with Gasteiger partial charge in [-0.05, 0) is 57.5 Å². The number of nitro benzene ring substituents is 1. The first-order valence-electron chi connectivity index (χ1n) is 10.0. The molecule has 0 spiro atoms. The zero-order valence-corrected chi connectivity index (χ0v) is 19.6. The molecule has 0 amide bonds. The maximum Gasteiger partial charge on any atom is 0.308 e. The molecule has 0 aliphatic rings. The summed E-state index contributed by atoms with van der Waals surface area (Å²) in [5, 5.41) is 23.4. The number of esters is 1. The Balaban J connectivity index is 2.26. The summed E-state index contributed by atoms with van der Waals surface area (Å²) in [6.45, 7) is 6.66. The fraction of sp³-hybridized carbons (Fsp3) is 0.364. The molecule has 10 nitrogen and oxygen atoms in total. The average Bonchev–Trinajstić information content (AvgIpc) is 2.71. The number of carbonyl (C=O) groups excluding carboxylic acids is 1. The topological polar surface area (TPSA) is 151 Å². The van der Waals surface area contributed by atoms with Gasteiger partial charge in [0, 0.05) is 18.3 Å². The molecule has 0 saturated carbocycles. The summed E-state index contributed by atoms with van der Waals surface area (Å²) in [6.07, 6.45) is -0.171. The van der Waals surface area contributed by atoms with Gasteiger partial charge in [0.1, 0.15) is 5.60 Å². The molecule has 11 heteroatoms. The Morgan fingerprint density at radius 1 is 1.24 bits per heavy atom. The van der Waals surface area contributed by atoms with Crippen LogP contribution in [0.25, 0.3) is 0 Å². The lowest BCUT2D eigenvalue weighted by molar-refractivity contribution is -0.387. The molecule has 0 unspecified atom stereocenters. The molecular weight excluding hydrogens is 448 g/mol. The fourth-order valence-corrected chi connectivity index (χ4v) is 4.25. The summed E-state index contributed by atoms with van der Waals surface area (Å²) >= 11 is 0. The van der Waals surface area contributed by atoms with Gasteiger partial charge in [-0.25, -0.2) is 13.1 Å². The van der Waals surface area contributed by atoms with E-state index in [-0.39, 0.29) is 13.0 Å². The quantitative estimate of drug-likeness (QED) is 0.319. The molecule has 0 fully saturated rings. The van der Waals surface area contributed by atoms with Crippen molar-refractivity contribution in [1.29, 1.82) is 5.26 Å². The number of hydrogen-bond donors (Lipinski definition) is 2. The molecule has 2 N–H and O–H groups in total. The van der Waals surface area contributed by atoms with Crippen molar-refractivity contribution >= 4 is 27.4 Å². The number of carbonyl (C=O) groups is 1. The van der Waals surface area contributed by atoms with Crippen molar-refractivity contribution in [2.45, 2.75) is 50.7 Å². The fourth-order valence-electron chi connectivity index (χ4n) is 3.00. The van der Waals surface area contributed by atoms with E-state index in [9.17, 15) is 23.3 Å². The monoisotopic (exact) mass is 474 g/mol. The number of para-hydroxylation sites is 1. The number of aryl methyl sites for hydroxylation is 1. The molecule has 33 heavy (non-hydrogen) atoms. The molecule has 0 aromatic heterocycles. The minimum atomic E-state index is -4.24. The summed E-state index contributed by atoms with van der Waals surface area (Å²) < 4.78 is 33.2. The van der Waals surface area contributed by atoms with E-state index in [1.165, 1.54) is 12.1 Å². The first-order valence-corrected chi connectivity index (χ1v) is 11.5. The zero-order valence-electron chi connectivity index (χ0n) is 18.8. The number of sulfonamides is 1. The first kappa shape index (κ1) is 25.8. The van der Waals surface area contributed by atoms with Crippen LogP contribution in [0.3, 0.4) is 0 Å². The minimum absolute atomic E-state index is 0.171. The molecule has 2 aromatic carbocycles. The molecule has 176 valence electrons. The molecule has 2 aromatic rings. The van der Waals surface area contributed by atoms with Crippen LogP contribution in [0.4, 0.5) is 11.4 Å². The summed E-state index contributed by atoms with van der Waals surface area (Å²) in [7, 11) is -4.24.